The maximum absolute atomic E-state index is 5.33. The summed E-state index contributed by atoms with van der Waals surface area (Å²) in [6.07, 6.45) is 21.0. The van der Waals surface area contributed by atoms with Crippen molar-refractivity contribution in [1.29, 1.82) is 0 Å². The standard InChI is InChI=1S/C42H24N12/c1-7-25(19-43-13-1)34-31-37(52-40(49-34)28-10-4-16-46-22-28)32-35(26-8-2-14-44-20-26)51-42(30-12-6-18-48-24-30)54-39(32)33-36(27-9-3-15-45-21-27)50-41(53-38(31)33)29-11-5-17-47-23-29/h1-24H. The van der Waals surface area contributed by atoms with E-state index >= 15 is 0 Å². The third-order valence-electron chi connectivity index (χ3n) is 9.00. The first-order valence-corrected chi connectivity index (χ1v) is 17.0. The van der Waals surface area contributed by atoms with Crippen LogP contribution in [0.2, 0.25) is 0 Å². The van der Waals surface area contributed by atoms with Crippen LogP contribution in [0, 0.1) is 0 Å². The van der Waals surface area contributed by atoms with Crippen molar-refractivity contribution < 1.29 is 0 Å². The van der Waals surface area contributed by atoms with Crippen molar-refractivity contribution in [2.75, 3.05) is 0 Å². The third-order valence-corrected chi connectivity index (χ3v) is 9.00. The minimum atomic E-state index is 0.470. The van der Waals surface area contributed by atoms with Crippen LogP contribution in [-0.4, -0.2) is 59.8 Å². The molecule has 9 heterocycles. The summed E-state index contributed by atoms with van der Waals surface area (Å²) in [4.78, 5) is 58.4. The van der Waals surface area contributed by atoms with Crippen LogP contribution in [0.1, 0.15) is 0 Å². The van der Waals surface area contributed by atoms with Gasteiger partial charge < -0.3 is 0 Å². The molecule has 0 N–H and O–H groups in total. The lowest BCUT2D eigenvalue weighted by molar-refractivity contribution is 1.18. The summed E-state index contributed by atoms with van der Waals surface area (Å²) >= 11 is 0. The number of pyridine rings is 6. The molecule has 0 fully saturated rings. The number of nitrogens with zero attached hydrogens (tertiary/aromatic N) is 12. The number of rotatable bonds is 6. The summed E-state index contributed by atoms with van der Waals surface area (Å²) in [6, 6.07) is 23.0. The molecule has 0 aliphatic rings. The van der Waals surface area contributed by atoms with Gasteiger partial charge in [-0.1, -0.05) is 0 Å². The molecule has 54 heavy (non-hydrogen) atoms. The molecular weight excluding hydrogens is 673 g/mol. The molecule has 0 spiro atoms. The average molecular weight is 697 g/mol. The monoisotopic (exact) mass is 696 g/mol. The molecule has 9 aromatic heterocycles. The van der Waals surface area contributed by atoms with Crippen molar-refractivity contribution in [3.63, 3.8) is 0 Å². The lowest BCUT2D eigenvalue weighted by atomic mass is 9.95. The quantitative estimate of drug-likeness (QED) is 0.155. The molecular formula is C42H24N12. The molecule has 0 saturated heterocycles. The van der Waals surface area contributed by atoms with Gasteiger partial charge in [-0.15, -0.1) is 0 Å². The Morgan fingerprint density at radius 1 is 0.259 bits per heavy atom. The number of aromatic nitrogens is 12. The summed E-state index contributed by atoms with van der Waals surface area (Å²) in [7, 11) is 0. The normalized spacial score (nSPS) is 11.3. The van der Waals surface area contributed by atoms with Crippen molar-refractivity contribution in [2.45, 2.75) is 0 Å². The highest BCUT2D eigenvalue weighted by atomic mass is 15.0. The van der Waals surface area contributed by atoms with Gasteiger partial charge in [0.25, 0.3) is 0 Å². The minimum Gasteiger partial charge on any atom is -0.264 e. The zero-order valence-corrected chi connectivity index (χ0v) is 28.2. The van der Waals surface area contributed by atoms with Crippen LogP contribution in [-0.2, 0) is 0 Å². The van der Waals surface area contributed by atoms with Gasteiger partial charge in [0.05, 0.1) is 49.8 Å². The molecule has 10 aromatic rings. The molecule has 0 bridgehead atoms. The first-order chi connectivity index (χ1) is 26.8. The zero-order chi connectivity index (χ0) is 35.8. The van der Waals surface area contributed by atoms with E-state index in [2.05, 4.69) is 29.9 Å². The first-order valence-electron chi connectivity index (χ1n) is 17.0. The molecule has 1 aromatic carbocycles. The molecule has 12 nitrogen and oxygen atoms in total. The molecule has 0 unspecified atom stereocenters. The Morgan fingerprint density at radius 3 is 0.722 bits per heavy atom. The van der Waals surface area contributed by atoms with E-state index in [0.29, 0.717) is 67.3 Å². The molecule has 10 rings (SSSR count). The fourth-order valence-corrected chi connectivity index (χ4v) is 6.61. The topological polar surface area (TPSA) is 155 Å². The van der Waals surface area contributed by atoms with Gasteiger partial charge in [-0.3, -0.25) is 29.9 Å². The van der Waals surface area contributed by atoms with Crippen LogP contribution >= 0.6 is 0 Å². The van der Waals surface area contributed by atoms with Crippen molar-refractivity contribution in [2.24, 2.45) is 0 Å². The second-order valence-electron chi connectivity index (χ2n) is 12.3. The summed E-state index contributed by atoms with van der Waals surface area (Å²) in [5.41, 5.74) is 8.19. The summed E-state index contributed by atoms with van der Waals surface area (Å²) in [5, 5.41) is 2.04. The molecule has 252 valence electrons. The SMILES string of the molecule is c1cncc(-c2nc(-c3cccnc3)c3c(n2)c2c(-c4cccnc4)nc(-c4cccnc4)nc2c2c(-c4cccnc4)nc(-c4cccnc4)nc32)c1. The Labute approximate surface area is 306 Å². The Balaban J connectivity index is 1.50. The van der Waals surface area contributed by atoms with Gasteiger partial charge in [-0.05, 0) is 72.8 Å². The summed E-state index contributed by atoms with van der Waals surface area (Å²) in [5.74, 6) is 1.41. The molecule has 0 amide bonds. The van der Waals surface area contributed by atoms with Crippen LogP contribution in [0.5, 0.6) is 0 Å². The van der Waals surface area contributed by atoms with E-state index in [0.717, 1.165) is 33.4 Å². The second kappa shape index (κ2) is 13.0. The fraction of sp³-hybridized carbons (Fsp3) is 0. The fourth-order valence-electron chi connectivity index (χ4n) is 6.61. The largest absolute Gasteiger partial charge is 0.264 e. The third kappa shape index (κ3) is 5.33. The van der Waals surface area contributed by atoms with Crippen molar-refractivity contribution in [1.82, 2.24) is 59.8 Å². The maximum atomic E-state index is 5.33. The van der Waals surface area contributed by atoms with Crippen LogP contribution in [0.15, 0.2) is 147 Å². The van der Waals surface area contributed by atoms with Crippen LogP contribution in [0.4, 0.5) is 0 Å². The van der Waals surface area contributed by atoms with Gasteiger partial charge in [-0.25, -0.2) is 29.9 Å². The lowest BCUT2D eigenvalue weighted by Gasteiger charge is -2.18. The molecule has 12 heteroatoms. The van der Waals surface area contributed by atoms with E-state index in [1.807, 2.05) is 72.8 Å². The molecule has 0 radical (unpaired) electrons. The highest BCUT2D eigenvalue weighted by Crippen LogP contribution is 2.45. The molecule has 0 aliphatic carbocycles. The Hall–Kier alpha value is -7.86. The van der Waals surface area contributed by atoms with E-state index in [1.165, 1.54) is 0 Å². The Kier molecular flexibility index (Phi) is 7.46. The highest BCUT2D eigenvalue weighted by Gasteiger charge is 2.27. The second-order valence-corrected chi connectivity index (χ2v) is 12.3. The Bertz CT molecular complexity index is 2600. The number of benzene rings is 1. The minimum absolute atomic E-state index is 0.470. The van der Waals surface area contributed by atoms with Gasteiger partial charge >= 0.3 is 0 Å². The van der Waals surface area contributed by atoms with E-state index in [9.17, 15) is 0 Å². The number of hydrogen-bond acceptors (Lipinski definition) is 12. The van der Waals surface area contributed by atoms with E-state index in [1.54, 1.807) is 74.4 Å². The zero-order valence-electron chi connectivity index (χ0n) is 28.2. The van der Waals surface area contributed by atoms with Gasteiger partial charge in [0.15, 0.2) is 17.5 Å². The van der Waals surface area contributed by atoms with Crippen LogP contribution in [0.3, 0.4) is 0 Å². The predicted molar refractivity (Wildman–Crippen MR) is 205 cm³/mol. The number of fused-ring (bicyclic) bond motifs is 6. The van der Waals surface area contributed by atoms with Crippen molar-refractivity contribution >= 4 is 32.7 Å². The van der Waals surface area contributed by atoms with Crippen molar-refractivity contribution in [3.05, 3.63) is 147 Å². The van der Waals surface area contributed by atoms with Gasteiger partial charge in [0, 0.05) is 108 Å². The van der Waals surface area contributed by atoms with Crippen molar-refractivity contribution in [3.8, 4) is 67.9 Å². The van der Waals surface area contributed by atoms with Crippen LogP contribution in [0.25, 0.3) is 101 Å². The van der Waals surface area contributed by atoms with Crippen LogP contribution < -0.4 is 0 Å². The average Bonchev–Trinajstić information content (AvgIpc) is 3.27. The van der Waals surface area contributed by atoms with E-state index < -0.39 is 0 Å². The van der Waals surface area contributed by atoms with E-state index in [-0.39, 0.29) is 0 Å². The predicted octanol–water partition coefficient (Wildman–Crippen LogP) is 7.89. The van der Waals surface area contributed by atoms with Gasteiger partial charge in [-0.2, -0.15) is 0 Å². The number of hydrogen-bond donors (Lipinski definition) is 0. The van der Waals surface area contributed by atoms with Gasteiger partial charge in [0.1, 0.15) is 0 Å². The lowest BCUT2D eigenvalue weighted by Crippen LogP contribution is -2.05. The smallest absolute Gasteiger partial charge is 0.162 e. The Morgan fingerprint density at radius 2 is 0.500 bits per heavy atom. The highest BCUT2D eigenvalue weighted by molar-refractivity contribution is 6.30. The molecule has 0 saturated carbocycles. The maximum Gasteiger partial charge on any atom is 0.162 e. The van der Waals surface area contributed by atoms with Gasteiger partial charge in [0.2, 0.25) is 0 Å². The summed E-state index contributed by atoms with van der Waals surface area (Å²) < 4.78 is 0. The molecule has 0 aliphatic heterocycles. The summed E-state index contributed by atoms with van der Waals surface area (Å²) in [6.45, 7) is 0. The molecule has 0 atom stereocenters. The first kappa shape index (κ1) is 30.9. The van der Waals surface area contributed by atoms with E-state index in [4.69, 9.17) is 29.9 Å².